The normalized spacial score (nSPS) is 11.9. The Hall–Kier alpha value is -1.48. The maximum absolute atomic E-state index is 4.14. The summed E-state index contributed by atoms with van der Waals surface area (Å²) in [5.74, 6) is 0. The lowest BCUT2D eigenvalue weighted by Gasteiger charge is -2.18. The molecule has 0 bridgehead atoms. The van der Waals surface area contributed by atoms with Crippen LogP contribution in [-0.4, -0.2) is 19.5 Å². The Balaban J connectivity index is 3.37. The van der Waals surface area contributed by atoms with Crippen molar-refractivity contribution in [1.29, 1.82) is 0 Å². The van der Waals surface area contributed by atoms with Gasteiger partial charge in [-0.25, -0.2) is 0 Å². The minimum absolute atomic E-state index is 0.964. The predicted molar refractivity (Wildman–Crippen MR) is 94.9 cm³/mol. The van der Waals surface area contributed by atoms with Gasteiger partial charge in [-0.2, -0.15) is 0 Å². The fourth-order valence-electron chi connectivity index (χ4n) is 2.18. The number of hydrogen-bond donors (Lipinski definition) is 1. The lowest BCUT2D eigenvalue weighted by molar-refractivity contribution is 1.13. The van der Waals surface area contributed by atoms with Gasteiger partial charge in [0, 0.05) is 18.9 Å². The molecule has 0 unspecified atom stereocenters. The van der Waals surface area contributed by atoms with E-state index >= 15 is 0 Å². The Morgan fingerprint density at radius 3 is 2.65 bits per heavy atom. The summed E-state index contributed by atoms with van der Waals surface area (Å²) in [7, 11) is 1.80. The third-order valence-corrected chi connectivity index (χ3v) is 3.93. The number of anilines is 1. The molecule has 108 valence electrons. The molecule has 1 rings (SSSR count). The summed E-state index contributed by atoms with van der Waals surface area (Å²) in [4.78, 5) is 4.14. The van der Waals surface area contributed by atoms with Gasteiger partial charge >= 0.3 is 0 Å². The SMILES string of the molecule is C=C(Nc1c(CC)ccc(C(/C=N\C)=C/C)c1C)SC. The van der Waals surface area contributed by atoms with Crippen LogP contribution in [0.25, 0.3) is 5.57 Å². The van der Waals surface area contributed by atoms with Gasteiger partial charge in [0.2, 0.25) is 0 Å². The molecule has 0 radical (unpaired) electrons. The van der Waals surface area contributed by atoms with Gasteiger partial charge in [0.05, 0.1) is 5.03 Å². The topological polar surface area (TPSA) is 24.4 Å². The van der Waals surface area contributed by atoms with E-state index < -0.39 is 0 Å². The van der Waals surface area contributed by atoms with Crippen LogP contribution in [0.2, 0.25) is 0 Å². The highest BCUT2D eigenvalue weighted by Crippen LogP contribution is 2.30. The summed E-state index contributed by atoms with van der Waals surface area (Å²) in [5.41, 5.74) is 6.09. The molecule has 0 atom stereocenters. The average molecular weight is 288 g/mol. The lowest BCUT2D eigenvalue weighted by Crippen LogP contribution is -2.03. The minimum Gasteiger partial charge on any atom is -0.350 e. The Morgan fingerprint density at radius 1 is 1.45 bits per heavy atom. The van der Waals surface area contributed by atoms with Crippen molar-refractivity contribution in [3.8, 4) is 0 Å². The maximum atomic E-state index is 4.14. The van der Waals surface area contributed by atoms with Gasteiger partial charge in [-0.1, -0.05) is 31.7 Å². The largest absolute Gasteiger partial charge is 0.350 e. The summed E-state index contributed by atoms with van der Waals surface area (Å²) in [6.07, 6.45) is 7.02. The van der Waals surface area contributed by atoms with Gasteiger partial charge in [-0.3, -0.25) is 4.99 Å². The second-order valence-electron chi connectivity index (χ2n) is 4.51. The number of nitrogens with zero attached hydrogens (tertiary/aromatic N) is 1. The minimum atomic E-state index is 0.964. The number of rotatable bonds is 6. The molecule has 0 amide bonds. The van der Waals surface area contributed by atoms with Crippen molar-refractivity contribution in [3.63, 3.8) is 0 Å². The lowest BCUT2D eigenvalue weighted by atomic mass is 9.95. The van der Waals surface area contributed by atoms with Gasteiger partial charge in [-0.15, -0.1) is 11.8 Å². The van der Waals surface area contributed by atoms with E-state index in [1.54, 1.807) is 18.8 Å². The first kappa shape index (κ1) is 16.6. The summed E-state index contributed by atoms with van der Waals surface area (Å²) >= 11 is 1.63. The van der Waals surface area contributed by atoms with Crippen LogP contribution in [0.15, 0.2) is 34.8 Å². The van der Waals surface area contributed by atoms with Crippen molar-refractivity contribution in [2.24, 2.45) is 4.99 Å². The molecule has 0 saturated heterocycles. The molecule has 0 fully saturated rings. The van der Waals surface area contributed by atoms with Gasteiger partial charge in [0.25, 0.3) is 0 Å². The zero-order valence-corrected chi connectivity index (χ0v) is 13.9. The molecule has 0 aliphatic rings. The van der Waals surface area contributed by atoms with Crippen LogP contribution in [0.5, 0.6) is 0 Å². The Labute approximate surface area is 127 Å². The second kappa shape index (κ2) is 7.95. The van der Waals surface area contributed by atoms with Gasteiger partial charge < -0.3 is 5.32 Å². The van der Waals surface area contributed by atoms with E-state index in [4.69, 9.17) is 0 Å². The molecule has 1 aromatic carbocycles. The summed E-state index contributed by atoms with van der Waals surface area (Å²) in [5, 5.41) is 4.40. The Kier molecular flexibility index (Phi) is 6.59. The molecule has 1 aromatic rings. The number of allylic oxidation sites excluding steroid dienone is 2. The van der Waals surface area contributed by atoms with E-state index in [0.29, 0.717) is 0 Å². The zero-order chi connectivity index (χ0) is 15.1. The highest BCUT2D eigenvalue weighted by atomic mass is 32.2. The third kappa shape index (κ3) is 3.76. The highest BCUT2D eigenvalue weighted by Gasteiger charge is 2.11. The number of thioether (sulfide) groups is 1. The monoisotopic (exact) mass is 288 g/mol. The van der Waals surface area contributed by atoms with E-state index in [9.17, 15) is 0 Å². The van der Waals surface area contributed by atoms with Crippen molar-refractivity contribution in [2.45, 2.75) is 27.2 Å². The first-order valence-electron chi connectivity index (χ1n) is 6.80. The van der Waals surface area contributed by atoms with Gasteiger partial charge in [0.1, 0.15) is 0 Å². The van der Waals surface area contributed by atoms with Crippen molar-refractivity contribution >= 4 is 29.2 Å². The van der Waals surface area contributed by atoms with Crippen LogP contribution in [0.4, 0.5) is 5.69 Å². The van der Waals surface area contributed by atoms with Crippen molar-refractivity contribution < 1.29 is 0 Å². The third-order valence-electron chi connectivity index (χ3n) is 3.33. The number of aliphatic imine (C=N–C) groups is 1. The average Bonchev–Trinajstić information content (AvgIpc) is 2.47. The standard InChI is InChI=1S/C17H24N2S/c1-7-14-9-10-16(15(8-2)11-18-5)12(3)17(14)19-13(4)20-6/h8-11,19H,4,7H2,1-3,5-6H3/b15-8+,18-11-. The molecule has 0 aromatic heterocycles. The summed E-state index contributed by atoms with van der Waals surface area (Å²) in [6, 6.07) is 4.36. The molecule has 1 N–H and O–H groups in total. The van der Waals surface area contributed by atoms with Crippen LogP contribution in [0.3, 0.4) is 0 Å². The van der Waals surface area contributed by atoms with E-state index in [2.05, 4.69) is 48.9 Å². The van der Waals surface area contributed by atoms with Crippen LogP contribution in [0.1, 0.15) is 30.5 Å². The zero-order valence-electron chi connectivity index (χ0n) is 13.1. The van der Waals surface area contributed by atoms with E-state index in [-0.39, 0.29) is 0 Å². The fourth-order valence-corrected chi connectivity index (χ4v) is 2.38. The maximum Gasteiger partial charge on any atom is 0.0649 e. The molecule has 0 saturated carbocycles. The van der Waals surface area contributed by atoms with Crippen molar-refractivity contribution in [3.05, 3.63) is 46.5 Å². The van der Waals surface area contributed by atoms with Crippen LogP contribution in [-0.2, 0) is 6.42 Å². The van der Waals surface area contributed by atoms with Crippen molar-refractivity contribution in [1.82, 2.24) is 0 Å². The predicted octanol–water partition coefficient (Wildman–Crippen LogP) is 4.91. The van der Waals surface area contributed by atoms with E-state index in [0.717, 1.165) is 17.0 Å². The Bertz CT molecular complexity index is 542. The quantitative estimate of drug-likeness (QED) is 0.752. The fraction of sp³-hybridized carbons (Fsp3) is 0.353. The molecule has 0 aliphatic heterocycles. The first-order chi connectivity index (χ1) is 9.58. The van der Waals surface area contributed by atoms with Gasteiger partial charge in [0.15, 0.2) is 0 Å². The molecule has 3 heteroatoms. The summed E-state index contributed by atoms with van der Waals surface area (Å²) in [6.45, 7) is 10.4. The molecule has 0 spiro atoms. The molecule has 0 heterocycles. The van der Waals surface area contributed by atoms with Crippen LogP contribution < -0.4 is 5.32 Å². The number of aryl methyl sites for hydroxylation is 1. The summed E-state index contributed by atoms with van der Waals surface area (Å²) < 4.78 is 0. The number of benzene rings is 1. The molecule has 20 heavy (non-hydrogen) atoms. The van der Waals surface area contributed by atoms with Crippen LogP contribution >= 0.6 is 11.8 Å². The van der Waals surface area contributed by atoms with Crippen molar-refractivity contribution in [2.75, 3.05) is 18.6 Å². The first-order valence-corrected chi connectivity index (χ1v) is 8.02. The molecule has 0 aliphatic carbocycles. The molecular weight excluding hydrogens is 264 g/mol. The van der Waals surface area contributed by atoms with Crippen LogP contribution in [0, 0.1) is 6.92 Å². The highest BCUT2D eigenvalue weighted by molar-refractivity contribution is 8.02. The van der Waals surface area contributed by atoms with E-state index in [1.807, 2.05) is 19.4 Å². The smallest absolute Gasteiger partial charge is 0.0649 e. The number of nitrogens with one attached hydrogen (secondary N) is 1. The van der Waals surface area contributed by atoms with Gasteiger partial charge in [-0.05, 0) is 48.8 Å². The molecule has 2 nitrogen and oxygen atoms in total. The number of hydrogen-bond acceptors (Lipinski definition) is 3. The Morgan fingerprint density at radius 2 is 2.15 bits per heavy atom. The molecular formula is C17H24N2S. The second-order valence-corrected chi connectivity index (χ2v) is 5.41. The van der Waals surface area contributed by atoms with E-state index in [1.165, 1.54) is 22.4 Å².